The molecule has 0 aliphatic carbocycles. The highest BCUT2D eigenvalue weighted by Crippen LogP contribution is 2.39. The smallest absolute Gasteiger partial charge is 0.262 e. The molecule has 0 spiro atoms. The largest absolute Gasteiger partial charge is 0.350 e. The molecule has 32 heavy (non-hydrogen) atoms. The van der Waals surface area contributed by atoms with E-state index in [1.54, 1.807) is 6.07 Å². The lowest BCUT2D eigenvalue weighted by atomic mass is 10.1. The summed E-state index contributed by atoms with van der Waals surface area (Å²) >= 11 is 1.42. The van der Waals surface area contributed by atoms with E-state index in [1.165, 1.54) is 22.9 Å². The van der Waals surface area contributed by atoms with Gasteiger partial charge in [0, 0.05) is 16.5 Å². The number of benzene rings is 3. The molecule has 3 aromatic rings. The van der Waals surface area contributed by atoms with Crippen LogP contribution in [0.4, 0.5) is 5.69 Å². The molecule has 0 fully saturated rings. The number of anilines is 1. The van der Waals surface area contributed by atoms with Crippen molar-refractivity contribution < 1.29 is 9.59 Å². The van der Waals surface area contributed by atoms with Crippen LogP contribution in [0, 0.1) is 6.92 Å². The lowest BCUT2D eigenvalue weighted by Gasteiger charge is -2.20. The second-order valence-electron chi connectivity index (χ2n) is 8.09. The molecule has 1 heterocycles. The van der Waals surface area contributed by atoms with E-state index < -0.39 is 0 Å². The van der Waals surface area contributed by atoms with Crippen molar-refractivity contribution in [2.45, 2.75) is 37.6 Å². The van der Waals surface area contributed by atoms with Crippen molar-refractivity contribution in [3.63, 3.8) is 0 Å². The second-order valence-corrected chi connectivity index (χ2v) is 9.17. The van der Waals surface area contributed by atoms with Crippen molar-refractivity contribution in [3.8, 4) is 0 Å². The van der Waals surface area contributed by atoms with Crippen molar-refractivity contribution in [2.24, 2.45) is 0 Å². The van der Waals surface area contributed by atoms with Gasteiger partial charge in [-0.15, -0.1) is 0 Å². The zero-order valence-corrected chi connectivity index (χ0v) is 19.0. The first-order valence-electron chi connectivity index (χ1n) is 10.7. The van der Waals surface area contributed by atoms with Crippen molar-refractivity contribution >= 4 is 35.3 Å². The Morgan fingerprint density at radius 3 is 2.56 bits per heavy atom. The number of hydrogen-bond acceptors (Lipinski definition) is 3. The van der Waals surface area contributed by atoms with Gasteiger partial charge in [0.2, 0.25) is 0 Å². The Hall–Kier alpha value is -3.31. The van der Waals surface area contributed by atoms with Crippen LogP contribution < -0.4 is 10.6 Å². The maximum Gasteiger partial charge on any atom is 0.262 e. The van der Waals surface area contributed by atoms with E-state index in [9.17, 15) is 9.59 Å². The summed E-state index contributed by atoms with van der Waals surface area (Å²) < 4.78 is 0. The average molecular weight is 443 g/mol. The number of carbonyl (C=O) groups excluding carboxylic acids is 2. The summed E-state index contributed by atoms with van der Waals surface area (Å²) in [7, 11) is 0. The third-order valence-electron chi connectivity index (χ3n) is 5.40. The Bertz CT molecular complexity index is 1150. The Morgan fingerprint density at radius 1 is 1.06 bits per heavy atom. The summed E-state index contributed by atoms with van der Waals surface area (Å²) in [4.78, 5) is 26.9. The van der Waals surface area contributed by atoms with Gasteiger partial charge in [0.1, 0.15) is 0 Å². The predicted octanol–water partition coefficient (Wildman–Crippen LogP) is 5.83. The van der Waals surface area contributed by atoms with Crippen LogP contribution in [0.25, 0.3) is 6.08 Å². The summed E-state index contributed by atoms with van der Waals surface area (Å²) in [5.41, 5.74) is 4.64. The Balaban J connectivity index is 1.40. The van der Waals surface area contributed by atoms with Crippen molar-refractivity contribution in [2.75, 3.05) is 5.32 Å². The number of hydrogen-bond donors (Lipinski definition) is 2. The quantitative estimate of drug-likeness (QED) is 0.472. The van der Waals surface area contributed by atoms with Crippen LogP contribution in [0.1, 0.15) is 40.4 Å². The Morgan fingerprint density at radius 2 is 1.81 bits per heavy atom. The number of thioether (sulfide) groups is 1. The van der Waals surface area contributed by atoms with Gasteiger partial charge in [-0.3, -0.25) is 9.59 Å². The fourth-order valence-electron chi connectivity index (χ4n) is 3.52. The highest BCUT2D eigenvalue weighted by molar-refractivity contribution is 8.04. The van der Waals surface area contributed by atoms with E-state index >= 15 is 0 Å². The van der Waals surface area contributed by atoms with E-state index in [1.807, 2.05) is 74.5 Å². The molecule has 5 heteroatoms. The molecular formula is C27H26N2O2S. The van der Waals surface area contributed by atoms with Crippen LogP contribution >= 0.6 is 11.8 Å². The molecule has 0 saturated heterocycles. The molecule has 1 unspecified atom stereocenters. The maximum absolute atomic E-state index is 12.7. The summed E-state index contributed by atoms with van der Waals surface area (Å²) in [5.74, 6) is -0.287. The van der Waals surface area contributed by atoms with Gasteiger partial charge in [-0.25, -0.2) is 0 Å². The minimum absolute atomic E-state index is 0.0479. The molecule has 3 aromatic carbocycles. The van der Waals surface area contributed by atoms with E-state index in [0.717, 1.165) is 23.3 Å². The molecule has 2 amide bonds. The lowest BCUT2D eigenvalue weighted by Crippen LogP contribution is -2.33. The molecule has 1 aliphatic heterocycles. The molecule has 4 rings (SSSR count). The van der Waals surface area contributed by atoms with Gasteiger partial charge in [-0.2, -0.15) is 0 Å². The highest BCUT2D eigenvalue weighted by atomic mass is 32.2. The summed E-state index contributed by atoms with van der Waals surface area (Å²) in [6, 6.07) is 23.8. The first-order chi connectivity index (χ1) is 15.5. The first-order valence-corrected chi connectivity index (χ1v) is 11.6. The topological polar surface area (TPSA) is 58.2 Å². The van der Waals surface area contributed by atoms with Gasteiger partial charge >= 0.3 is 0 Å². The predicted molar refractivity (Wildman–Crippen MR) is 132 cm³/mol. The van der Waals surface area contributed by atoms with Crippen LogP contribution in [-0.2, 0) is 11.2 Å². The molecule has 1 aliphatic rings. The van der Waals surface area contributed by atoms with Gasteiger partial charge in [0.05, 0.1) is 10.6 Å². The third-order valence-corrected chi connectivity index (χ3v) is 6.49. The molecule has 0 saturated carbocycles. The summed E-state index contributed by atoms with van der Waals surface area (Å²) in [6.07, 6.45) is 3.66. The zero-order chi connectivity index (χ0) is 22.5. The molecule has 162 valence electrons. The van der Waals surface area contributed by atoms with Gasteiger partial charge in [-0.1, -0.05) is 71.9 Å². The van der Waals surface area contributed by atoms with E-state index in [-0.39, 0.29) is 17.9 Å². The number of carbonyl (C=O) groups is 2. The van der Waals surface area contributed by atoms with Gasteiger partial charge in [0.25, 0.3) is 11.8 Å². The van der Waals surface area contributed by atoms with Gasteiger partial charge < -0.3 is 10.6 Å². The lowest BCUT2D eigenvalue weighted by molar-refractivity contribution is -0.112. The fraction of sp³-hybridized carbons (Fsp3) is 0.185. The average Bonchev–Trinajstić information content (AvgIpc) is 2.80. The highest BCUT2D eigenvalue weighted by Gasteiger charge is 2.22. The number of rotatable bonds is 6. The van der Waals surface area contributed by atoms with Crippen molar-refractivity contribution in [1.82, 2.24) is 5.32 Å². The number of aryl methyl sites for hydroxylation is 2. The minimum atomic E-state index is -0.156. The van der Waals surface area contributed by atoms with Gasteiger partial charge in [0.15, 0.2) is 0 Å². The van der Waals surface area contributed by atoms with Crippen LogP contribution in [0.5, 0.6) is 0 Å². The molecular weight excluding hydrogens is 416 g/mol. The molecule has 1 atom stereocenters. The van der Waals surface area contributed by atoms with Gasteiger partial charge in [-0.05, 0) is 62.1 Å². The SMILES string of the molecule is Cc1ccc(C=C2Sc3ccc(C(=O)NC(C)CCc4ccccc4)cc3NC2=O)cc1. The molecule has 0 bridgehead atoms. The second kappa shape index (κ2) is 9.88. The normalized spacial score (nSPS) is 15.1. The molecule has 2 N–H and O–H groups in total. The number of nitrogens with one attached hydrogen (secondary N) is 2. The number of fused-ring (bicyclic) bond motifs is 1. The Labute approximate surface area is 193 Å². The van der Waals surface area contributed by atoms with E-state index in [4.69, 9.17) is 0 Å². The first kappa shape index (κ1) is 21.9. The fourth-order valence-corrected chi connectivity index (χ4v) is 4.45. The third kappa shape index (κ3) is 5.48. The maximum atomic E-state index is 12.7. The summed E-state index contributed by atoms with van der Waals surface area (Å²) in [5, 5.41) is 5.99. The van der Waals surface area contributed by atoms with Crippen molar-refractivity contribution in [1.29, 1.82) is 0 Å². The van der Waals surface area contributed by atoms with Crippen LogP contribution in [0.3, 0.4) is 0 Å². The minimum Gasteiger partial charge on any atom is -0.350 e. The van der Waals surface area contributed by atoms with E-state index in [0.29, 0.717) is 16.2 Å². The van der Waals surface area contributed by atoms with E-state index in [2.05, 4.69) is 22.8 Å². The Kier molecular flexibility index (Phi) is 6.76. The molecule has 4 nitrogen and oxygen atoms in total. The molecule has 0 radical (unpaired) electrons. The van der Waals surface area contributed by atoms with Crippen LogP contribution in [0.15, 0.2) is 82.6 Å². The zero-order valence-electron chi connectivity index (χ0n) is 18.2. The van der Waals surface area contributed by atoms with Crippen molar-refractivity contribution in [3.05, 3.63) is 100.0 Å². The summed E-state index contributed by atoms with van der Waals surface area (Å²) in [6.45, 7) is 4.05. The standard InChI is InChI=1S/C27H26N2O2S/c1-18-8-11-21(12-9-18)16-25-27(31)29-23-17-22(14-15-24(23)32-25)26(30)28-19(2)10-13-20-6-4-3-5-7-20/h3-9,11-12,14-17,19H,10,13H2,1-2H3,(H,28,30)(H,29,31). The monoisotopic (exact) mass is 442 g/mol. The molecule has 0 aromatic heterocycles. The van der Waals surface area contributed by atoms with Crippen LogP contribution in [0.2, 0.25) is 0 Å². The van der Waals surface area contributed by atoms with Crippen LogP contribution in [-0.4, -0.2) is 17.9 Å². The number of amides is 2.